The van der Waals surface area contributed by atoms with Crippen molar-refractivity contribution in [3.63, 3.8) is 0 Å². The largest absolute Gasteiger partial charge is 0.175 e. The Morgan fingerprint density at radius 1 is 0.917 bits per heavy atom. The van der Waals surface area contributed by atoms with Gasteiger partial charge in [0.2, 0.25) is 0 Å². The van der Waals surface area contributed by atoms with E-state index in [1.165, 1.54) is 16.3 Å². The molecule has 0 fully saturated rings. The molecule has 0 aliphatic rings. The van der Waals surface area contributed by atoms with Gasteiger partial charge in [0, 0.05) is 5.75 Å². The van der Waals surface area contributed by atoms with E-state index < -0.39 is 0 Å². The van der Waals surface area contributed by atoms with Gasteiger partial charge in [-0.2, -0.15) is 12.6 Å². The number of benzene rings is 2. The van der Waals surface area contributed by atoms with Gasteiger partial charge in [0.15, 0.2) is 0 Å². The van der Waals surface area contributed by atoms with Crippen LogP contribution in [0.5, 0.6) is 0 Å². The van der Waals surface area contributed by atoms with Crippen LogP contribution in [-0.2, 0) is 5.75 Å². The zero-order valence-corrected chi connectivity index (χ0v) is 7.59. The van der Waals surface area contributed by atoms with Crippen LogP contribution < -0.4 is 0 Å². The molecule has 0 spiro atoms. The van der Waals surface area contributed by atoms with E-state index in [4.69, 9.17) is 0 Å². The Morgan fingerprint density at radius 3 is 2.50 bits per heavy atom. The monoisotopic (exact) mass is 174 g/mol. The van der Waals surface area contributed by atoms with Gasteiger partial charge in [-0.05, 0) is 16.3 Å². The summed E-state index contributed by atoms with van der Waals surface area (Å²) in [5.74, 6) is 0.807. The van der Waals surface area contributed by atoms with E-state index in [1.54, 1.807) is 0 Å². The minimum absolute atomic E-state index is 0.807. The van der Waals surface area contributed by atoms with Crippen molar-refractivity contribution in [3.05, 3.63) is 48.0 Å². The fourth-order valence-electron chi connectivity index (χ4n) is 1.43. The maximum atomic E-state index is 4.29. The van der Waals surface area contributed by atoms with Crippen LogP contribution in [0.4, 0.5) is 0 Å². The van der Waals surface area contributed by atoms with Gasteiger partial charge in [-0.25, -0.2) is 0 Å². The molecule has 2 aromatic rings. The molecule has 0 aromatic heterocycles. The Morgan fingerprint density at radius 2 is 1.67 bits per heavy atom. The first-order valence-electron chi connectivity index (χ1n) is 3.99. The van der Waals surface area contributed by atoms with Crippen LogP contribution >= 0.6 is 12.6 Å². The Bertz CT molecular complexity index is 388. The van der Waals surface area contributed by atoms with Gasteiger partial charge in [-0.1, -0.05) is 42.5 Å². The fraction of sp³-hybridized carbons (Fsp3) is 0.0909. The van der Waals surface area contributed by atoms with Gasteiger partial charge in [-0.15, -0.1) is 0 Å². The highest BCUT2D eigenvalue weighted by Crippen LogP contribution is 2.19. The molecule has 12 heavy (non-hydrogen) atoms. The van der Waals surface area contributed by atoms with Crippen molar-refractivity contribution < 1.29 is 0 Å². The van der Waals surface area contributed by atoms with Crippen molar-refractivity contribution in [1.82, 2.24) is 0 Å². The zero-order valence-electron chi connectivity index (χ0n) is 6.70. The van der Waals surface area contributed by atoms with Gasteiger partial charge >= 0.3 is 0 Å². The molecule has 0 saturated heterocycles. The van der Waals surface area contributed by atoms with Gasteiger partial charge in [0.25, 0.3) is 0 Å². The van der Waals surface area contributed by atoms with Crippen LogP contribution in [0.3, 0.4) is 0 Å². The highest BCUT2D eigenvalue weighted by atomic mass is 32.1. The van der Waals surface area contributed by atoms with Gasteiger partial charge in [-0.3, -0.25) is 0 Å². The van der Waals surface area contributed by atoms with Crippen LogP contribution in [0.2, 0.25) is 0 Å². The van der Waals surface area contributed by atoms with Crippen LogP contribution in [0, 0.1) is 0 Å². The summed E-state index contributed by atoms with van der Waals surface area (Å²) in [6.45, 7) is 0. The van der Waals surface area contributed by atoms with Crippen molar-refractivity contribution in [3.8, 4) is 0 Å². The van der Waals surface area contributed by atoms with Crippen molar-refractivity contribution in [2.45, 2.75) is 5.75 Å². The predicted octanol–water partition coefficient (Wildman–Crippen LogP) is 3.27. The maximum absolute atomic E-state index is 4.29. The Labute approximate surface area is 77.6 Å². The summed E-state index contributed by atoms with van der Waals surface area (Å²) in [5, 5.41) is 2.61. The van der Waals surface area contributed by atoms with Crippen molar-refractivity contribution >= 4 is 23.4 Å². The van der Waals surface area contributed by atoms with Crippen LogP contribution in [-0.4, -0.2) is 0 Å². The van der Waals surface area contributed by atoms with E-state index in [9.17, 15) is 0 Å². The lowest BCUT2D eigenvalue weighted by Crippen LogP contribution is -1.80. The zero-order chi connectivity index (χ0) is 8.39. The first kappa shape index (κ1) is 7.69. The van der Waals surface area contributed by atoms with Crippen LogP contribution in [0.15, 0.2) is 42.5 Å². The summed E-state index contributed by atoms with van der Waals surface area (Å²) in [6, 6.07) is 14.7. The molecule has 0 unspecified atom stereocenters. The van der Waals surface area contributed by atoms with E-state index in [0.29, 0.717) is 0 Å². The molecule has 0 amide bonds. The molecular formula is C11H10S. The predicted molar refractivity (Wildman–Crippen MR) is 56.6 cm³/mol. The SMILES string of the molecule is SCc1cccc2ccccc12. The third kappa shape index (κ3) is 1.21. The molecule has 0 heterocycles. The van der Waals surface area contributed by atoms with E-state index in [-0.39, 0.29) is 0 Å². The molecule has 0 radical (unpaired) electrons. The van der Waals surface area contributed by atoms with E-state index >= 15 is 0 Å². The minimum atomic E-state index is 0.807. The Balaban J connectivity index is 2.79. The van der Waals surface area contributed by atoms with Crippen molar-refractivity contribution in [2.24, 2.45) is 0 Å². The highest BCUT2D eigenvalue weighted by molar-refractivity contribution is 7.79. The second kappa shape index (κ2) is 3.20. The molecular weight excluding hydrogens is 164 g/mol. The van der Waals surface area contributed by atoms with Gasteiger partial charge in [0.05, 0.1) is 0 Å². The lowest BCUT2D eigenvalue weighted by atomic mass is 10.1. The number of fused-ring (bicyclic) bond motifs is 1. The fourth-order valence-corrected chi connectivity index (χ4v) is 1.71. The summed E-state index contributed by atoms with van der Waals surface area (Å²) in [4.78, 5) is 0. The third-order valence-electron chi connectivity index (χ3n) is 2.05. The van der Waals surface area contributed by atoms with Crippen molar-refractivity contribution in [2.75, 3.05) is 0 Å². The molecule has 2 aromatic carbocycles. The highest BCUT2D eigenvalue weighted by Gasteiger charge is 1.95. The van der Waals surface area contributed by atoms with Crippen molar-refractivity contribution in [1.29, 1.82) is 0 Å². The van der Waals surface area contributed by atoms with Crippen LogP contribution in [0.1, 0.15) is 5.56 Å². The van der Waals surface area contributed by atoms with Gasteiger partial charge < -0.3 is 0 Å². The molecule has 0 atom stereocenters. The second-order valence-electron chi connectivity index (χ2n) is 2.80. The number of thiol groups is 1. The number of hydrogen-bond donors (Lipinski definition) is 1. The lowest BCUT2D eigenvalue weighted by Gasteiger charge is -2.01. The Kier molecular flexibility index (Phi) is 2.05. The summed E-state index contributed by atoms with van der Waals surface area (Å²) in [5.41, 5.74) is 1.30. The van der Waals surface area contributed by atoms with E-state index in [2.05, 4.69) is 55.1 Å². The third-order valence-corrected chi connectivity index (χ3v) is 2.39. The number of hydrogen-bond acceptors (Lipinski definition) is 1. The number of rotatable bonds is 1. The first-order chi connectivity index (χ1) is 5.92. The molecule has 0 bridgehead atoms. The van der Waals surface area contributed by atoms with E-state index in [1.807, 2.05) is 0 Å². The van der Waals surface area contributed by atoms with Gasteiger partial charge in [0.1, 0.15) is 0 Å². The molecule has 0 nitrogen and oxygen atoms in total. The summed E-state index contributed by atoms with van der Waals surface area (Å²) in [7, 11) is 0. The smallest absolute Gasteiger partial charge is 0.0160 e. The molecule has 0 N–H and O–H groups in total. The lowest BCUT2D eigenvalue weighted by molar-refractivity contribution is 1.48. The molecule has 2 rings (SSSR count). The molecule has 1 heteroatoms. The quantitative estimate of drug-likeness (QED) is 0.630. The topological polar surface area (TPSA) is 0 Å². The summed E-state index contributed by atoms with van der Waals surface area (Å²) in [6.07, 6.45) is 0. The maximum Gasteiger partial charge on any atom is 0.0160 e. The first-order valence-corrected chi connectivity index (χ1v) is 4.62. The van der Waals surface area contributed by atoms with Crippen LogP contribution in [0.25, 0.3) is 10.8 Å². The summed E-state index contributed by atoms with van der Waals surface area (Å²) >= 11 is 4.29. The molecule has 0 aliphatic carbocycles. The molecule has 0 saturated carbocycles. The Hall–Kier alpha value is -0.950. The standard InChI is InChI=1S/C11H10S/c12-8-10-6-3-5-9-4-1-2-7-11(9)10/h1-7,12H,8H2. The normalized spacial score (nSPS) is 10.4. The second-order valence-corrected chi connectivity index (χ2v) is 3.11. The van der Waals surface area contributed by atoms with E-state index in [0.717, 1.165) is 5.75 Å². The average molecular weight is 174 g/mol. The average Bonchev–Trinajstić information content (AvgIpc) is 2.17. The minimum Gasteiger partial charge on any atom is -0.175 e. The molecule has 60 valence electrons. The molecule has 0 aliphatic heterocycles. The summed E-state index contributed by atoms with van der Waals surface area (Å²) < 4.78 is 0.